The third-order valence-electron chi connectivity index (χ3n) is 6.27. The van der Waals surface area contributed by atoms with Gasteiger partial charge in [0.25, 0.3) is 0 Å². The molecule has 0 N–H and O–H groups in total. The first-order chi connectivity index (χ1) is 36.9. The van der Waals surface area contributed by atoms with E-state index >= 15 is 0 Å². The van der Waals surface area contributed by atoms with Crippen LogP contribution in [-0.2, 0) is 42.8 Å². The summed E-state index contributed by atoms with van der Waals surface area (Å²) in [6.45, 7) is 2.31. The van der Waals surface area contributed by atoms with Gasteiger partial charge < -0.3 is 28.4 Å². The van der Waals surface area contributed by atoms with Crippen LogP contribution in [0, 0.1) is 306 Å². The summed E-state index contributed by atoms with van der Waals surface area (Å²) in [7, 11) is 15.8. The molecular weight excluding hydrogens is 937 g/mol. The van der Waals surface area contributed by atoms with Crippen molar-refractivity contribution in [2.24, 2.45) is 0 Å². The molecule has 0 heterocycles. The van der Waals surface area contributed by atoms with Gasteiger partial charge in [-0.1, -0.05) is 17.8 Å². The minimum Gasteiger partial charge on any atom is -0.371 e. The first kappa shape index (κ1) is 63.2. The van der Waals surface area contributed by atoms with E-state index in [4.69, 9.17) is 35.5 Å². The van der Waals surface area contributed by atoms with E-state index in [1.165, 1.54) is 0 Å². The first-order valence-electron chi connectivity index (χ1n) is 20.1. The van der Waals surface area contributed by atoms with Gasteiger partial charge in [0.2, 0.25) is 0 Å². The molecule has 0 saturated heterocycles. The lowest BCUT2D eigenvalue weighted by atomic mass is 10.2. The first-order valence-corrected chi connectivity index (χ1v) is 20.1. The van der Waals surface area contributed by atoms with Gasteiger partial charge in [-0.3, -0.25) is 14.4 Å². The van der Waals surface area contributed by atoms with Crippen LogP contribution in [0.25, 0.3) is 0 Å². The van der Waals surface area contributed by atoms with Crippen molar-refractivity contribution in [2.75, 3.05) is 33.0 Å². The lowest BCUT2D eigenvalue weighted by Crippen LogP contribution is -2.34. The molecule has 0 saturated carbocycles. The summed E-state index contributed by atoms with van der Waals surface area (Å²) in [4.78, 5) is 38.5. The third kappa shape index (κ3) is 41.0. The highest BCUT2D eigenvalue weighted by Crippen LogP contribution is 2.02. The summed E-state index contributed by atoms with van der Waals surface area (Å²) in [6.07, 6.45) is -5.51. The van der Waals surface area contributed by atoms with E-state index < -0.39 is 61.6 Å². The van der Waals surface area contributed by atoms with Crippen LogP contribution in [0.15, 0.2) is 0 Å². The molecule has 0 bridgehead atoms. The molecule has 344 valence electrons. The zero-order valence-corrected chi connectivity index (χ0v) is 39.8. The fourth-order valence-electron chi connectivity index (χ4n) is 3.34. The number of hydrogen-bond acceptors (Lipinski definition) is 9. The van der Waals surface area contributed by atoms with Gasteiger partial charge in [0.15, 0.2) is 35.7 Å². The van der Waals surface area contributed by atoms with Crippen LogP contribution >= 0.6 is 0 Å². The summed E-state index contributed by atoms with van der Waals surface area (Å²) < 4.78 is 30.6. The van der Waals surface area contributed by atoms with Gasteiger partial charge >= 0.3 is 0 Å². The minimum atomic E-state index is -1.49. The van der Waals surface area contributed by atoms with Crippen molar-refractivity contribution in [2.45, 2.75) is 45.2 Å². The number of carbonyl (C=O) groups is 3. The average Bonchev–Trinajstić information content (AvgIpc) is 3.41. The highest BCUT2D eigenvalue weighted by Gasteiger charge is 2.22. The van der Waals surface area contributed by atoms with Gasteiger partial charge in [-0.15, -0.1) is 0 Å². The van der Waals surface area contributed by atoms with Gasteiger partial charge in [0.1, 0.15) is 47.3 Å². The Morgan fingerprint density at radius 2 is 0.480 bits per heavy atom. The second-order valence-corrected chi connectivity index (χ2v) is 11.3. The maximum absolute atomic E-state index is 12.9. The summed E-state index contributed by atoms with van der Waals surface area (Å²) >= 11 is 0. The Kier molecular flexibility index (Phi) is 42.2. The largest absolute Gasteiger partial charge is 0.371 e. The van der Waals surface area contributed by atoms with Crippen LogP contribution < -0.4 is 0 Å². The molecule has 3 atom stereocenters. The Morgan fingerprint density at radius 1 is 0.293 bits per heavy atom. The van der Waals surface area contributed by atoms with Crippen molar-refractivity contribution < 1.29 is 42.8 Å². The predicted octanol–water partition coefficient (Wildman–Crippen LogP) is 0.415. The van der Waals surface area contributed by atoms with E-state index in [0.29, 0.717) is 0 Å². The van der Waals surface area contributed by atoms with Gasteiger partial charge in [0.05, 0.1) is 13.2 Å². The van der Waals surface area contributed by atoms with Crippen LogP contribution in [0.5, 0.6) is 0 Å². The van der Waals surface area contributed by atoms with Crippen molar-refractivity contribution in [3.8, 4) is 284 Å². The molecule has 75 heavy (non-hydrogen) atoms. The lowest BCUT2D eigenvalue weighted by molar-refractivity contribution is -0.141. The minimum absolute atomic E-state index is 0.384. The van der Waals surface area contributed by atoms with E-state index in [1.54, 1.807) is 20.8 Å². The fraction of sp³-hybridized carbons (Fsp3) is 0.182. The van der Waals surface area contributed by atoms with Crippen LogP contribution in [0.1, 0.15) is 20.8 Å². The second kappa shape index (κ2) is 50.1. The highest BCUT2D eigenvalue weighted by molar-refractivity contribution is 5.88. The molecule has 0 aromatic heterocycles. The molecule has 9 nitrogen and oxygen atoms in total. The molecule has 0 rings (SSSR count). The average molecular weight is 963 g/mol. The van der Waals surface area contributed by atoms with Crippen LogP contribution in [0.2, 0.25) is 0 Å². The molecule has 0 aliphatic rings. The van der Waals surface area contributed by atoms with E-state index in [9.17, 15) is 14.4 Å². The van der Waals surface area contributed by atoms with E-state index in [-0.39, 0.29) is 13.2 Å². The molecule has 0 amide bonds. The molecule has 0 spiro atoms. The molecule has 6 radical (unpaired) electrons. The Hall–Kier alpha value is -11.8. The van der Waals surface area contributed by atoms with Gasteiger partial charge in [-0.05, 0) is 287 Å². The van der Waals surface area contributed by atoms with Crippen molar-refractivity contribution in [3.05, 3.63) is 21.3 Å². The molecule has 0 aliphatic heterocycles. The summed E-state index contributed by atoms with van der Waals surface area (Å²) in [6, 6.07) is 0. The van der Waals surface area contributed by atoms with Crippen molar-refractivity contribution in [1.29, 1.82) is 0 Å². The van der Waals surface area contributed by atoms with Gasteiger partial charge in [-0.2, -0.15) is 0 Å². The Bertz CT molecular complexity index is 3630. The second-order valence-electron chi connectivity index (χ2n) is 11.3. The number of Topliss-reactive ketones (excluding diaryl/α,β-unsaturated/α-hetero) is 3. The highest BCUT2D eigenvalue weighted by atomic mass is 16.6. The van der Waals surface area contributed by atoms with Crippen molar-refractivity contribution in [3.63, 3.8) is 0 Å². The Balaban J connectivity index is 5.89. The zero-order chi connectivity index (χ0) is 54.8. The number of carbonyl (C=O) groups excluding carboxylic acids is 3. The normalized spacial score (nSPS) is 8.24. The molecule has 0 aromatic rings. The SMILES string of the molecule is [CH]OC(C#CC#CC#CC#CC#CC#CC#CC#CC)C(=O)COCC(COCC(=O)C(C#CC#CC#CC#CC#CC#CC#CC#CC)O[CH])OCC(=O)C(C#CC#CC#CC#CC#CC#CC#CC#CC)O[CH]. The van der Waals surface area contributed by atoms with E-state index in [2.05, 4.69) is 298 Å². The molecular formula is C66H26O9. The van der Waals surface area contributed by atoms with E-state index in [0.717, 1.165) is 0 Å². The third-order valence-corrected chi connectivity index (χ3v) is 6.27. The topological polar surface area (TPSA) is 107 Å². The monoisotopic (exact) mass is 962 g/mol. The number of hydrogen-bond donors (Lipinski definition) is 0. The quantitative estimate of drug-likeness (QED) is 0.192. The molecule has 0 aliphatic carbocycles. The van der Waals surface area contributed by atoms with Gasteiger partial charge in [-0.25, -0.2) is 0 Å². The van der Waals surface area contributed by atoms with Gasteiger partial charge in [0, 0.05) is 0 Å². The summed E-state index contributed by atoms with van der Waals surface area (Å²) in [5.41, 5.74) is 0. The smallest absolute Gasteiger partial charge is 0.199 e. The Labute approximate surface area is 442 Å². The molecule has 9 heteroatoms. The fourth-order valence-corrected chi connectivity index (χ4v) is 3.34. The maximum Gasteiger partial charge on any atom is 0.199 e. The lowest BCUT2D eigenvalue weighted by Gasteiger charge is -2.19. The standard InChI is InChI=1S/C66H26O9/c1-7-10-13-16-19-22-25-28-31-34-37-40-43-46-49-52-64(70-4)61(67)57-73-55-60(75-59-63(69)66(72-6)54-51-48-45-42-39-36-33-30-27-24-21-18-15-12-9-3)56-74-58-62(68)65(71-5)53-50-47-44-41-38-35-32-29-26-23-20-17-14-11-8-2/h4-6,60,64-66H,55-59H2,1-3H3. The van der Waals surface area contributed by atoms with Crippen LogP contribution in [0.4, 0.5) is 0 Å². The predicted molar refractivity (Wildman–Crippen MR) is 278 cm³/mol. The number of rotatable bonds is 17. The van der Waals surface area contributed by atoms with Crippen molar-refractivity contribution in [1.82, 2.24) is 0 Å². The number of ketones is 3. The van der Waals surface area contributed by atoms with Crippen LogP contribution in [0.3, 0.4) is 0 Å². The van der Waals surface area contributed by atoms with Crippen molar-refractivity contribution >= 4 is 17.3 Å². The maximum atomic E-state index is 12.9. The molecule has 3 unspecified atom stereocenters. The van der Waals surface area contributed by atoms with Crippen LogP contribution in [-0.4, -0.2) is 74.8 Å². The molecule has 0 fully saturated rings. The summed E-state index contributed by atoms with van der Waals surface area (Å²) in [5, 5.41) is 0. The molecule has 0 aromatic carbocycles. The Morgan fingerprint density at radius 3 is 0.680 bits per heavy atom. The van der Waals surface area contributed by atoms with E-state index in [1.807, 2.05) is 0 Å². The number of ether oxygens (including phenoxy) is 6. The zero-order valence-electron chi connectivity index (χ0n) is 39.8. The summed E-state index contributed by atoms with van der Waals surface area (Å²) in [5.74, 6) is 116.